The average molecular weight is 252 g/mol. The van der Waals surface area contributed by atoms with E-state index in [2.05, 4.69) is 37.9 Å². The van der Waals surface area contributed by atoms with Gasteiger partial charge in [0.15, 0.2) is 0 Å². The third-order valence-electron chi connectivity index (χ3n) is 5.12. The van der Waals surface area contributed by atoms with E-state index in [4.69, 9.17) is 0 Å². The van der Waals surface area contributed by atoms with Gasteiger partial charge in [0.05, 0.1) is 5.41 Å². The minimum Gasteiger partial charge on any atom is -0.342 e. The van der Waals surface area contributed by atoms with Gasteiger partial charge in [0.1, 0.15) is 0 Å². The van der Waals surface area contributed by atoms with Crippen LogP contribution in [-0.2, 0) is 4.79 Å². The van der Waals surface area contributed by atoms with Crippen molar-refractivity contribution in [1.29, 1.82) is 0 Å². The second-order valence-electron chi connectivity index (χ2n) is 7.19. The molecule has 0 aliphatic carbocycles. The largest absolute Gasteiger partial charge is 0.342 e. The topological polar surface area (TPSA) is 32.3 Å². The fourth-order valence-electron chi connectivity index (χ4n) is 3.26. The summed E-state index contributed by atoms with van der Waals surface area (Å²) in [4.78, 5) is 15.0. The van der Waals surface area contributed by atoms with Crippen LogP contribution >= 0.6 is 0 Å². The van der Waals surface area contributed by atoms with E-state index >= 15 is 0 Å². The molecule has 0 spiro atoms. The van der Waals surface area contributed by atoms with Gasteiger partial charge in [0.25, 0.3) is 0 Å². The Hall–Kier alpha value is -0.570. The maximum Gasteiger partial charge on any atom is 0.230 e. The van der Waals surface area contributed by atoms with Crippen molar-refractivity contribution in [3.8, 4) is 0 Å². The molecule has 1 amide bonds. The minimum absolute atomic E-state index is 0.137. The molecule has 2 aliphatic rings. The van der Waals surface area contributed by atoms with E-state index in [0.717, 1.165) is 45.4 Å². The summed E-state index contributed by atoms with van der Waals surface area (Å²) in [6.45, 7) is 12.7. The van der Waals surface area contributed by atoms with Crippen molar-refractivity contribution < 1.29 is 4.79 Å². The van der Waals surface area contributed by atoms with Crippen molar-refractivity contribution >= 4 is 5.91 Å². The summed E-state index contributed by atoms with van der Waals surface area (Å²) in [6.07, 6.45) is 3.28. The number of likely N-dealkylation sites (tertiary alicyclic amines) is 1. The summed E-state index contributed by atoms with van der Waals surface area (Å²) in [5.41, 5.74) is 0.275. The van der Waals surface area contributed by atoms with Crippen LogP contribution in [-0.4, -0.2) is 37.0 Å². The van der Waals surface area contributed by atoms with Gasteiger partial charge in [-0.05, 0) is 37.1 Å². The molecule has 1 unspecified atom stereocenters. The smallest absolute Gasteiger partial charge is 0.230 e. The molecule has 0 aromatic heterocycles. The monoisotopic (exact) mass is 252 g/mol. The van der Waals surface area contributed by atoms with E-state index in [1.807, 2.05) is 0 Å². The lowest BCUT2D eigenvalue weighted by atomic mass is 9.74. The maximum atomic E-state index is 12.9. The van der Waals surface area contributed by atoms with Gasteiger partial charge in [0.2, 0.25) is 5.91 Å². The SMILES string of the molecule is CC(C)C1(C(=O)N2CCC(C)(C)CC2)CCNC1. The first-order valence-electron chi connectivity index (χ1n) is 7.37. The van der Waals surface area contributed by atoms with E-state index < -0.39 is 0 Å². The molecular formula is C15H28N2O. The fraction of sp³-hybridized carbons (Fsp3) is 0.933. The van der Waals surface area contributed by atoms with E-state index in [0.29, 0.717) is 17.2 Å². The summed E-state index contributed by atoms with van der Waals surface area (Å²) in [5, 5.41) is 3.38. The Labute approximate surface area is 111 Å². The number of carbonyl (C=O) groups is 1. The van der Waals surface area contributed by atoms with Crippen LogP contribution in [0.25, 0.3) is 0 Å². The highest BCUT2D eigenvalue weighted by molar-refractivity contribution is 5.83. The molecule has 0 radical (unpaired) electrons. The number of hydrogen-bond donors (Lipinski definition) is 1. The lowest BCUT2D eigenvalue weighted by Gasteiger charge is -2.42. The van der Waals surface area contributed by atoms with Crippen molar-refractivity contribution in [3.05, 3.63) is 0 Å². The number of hydrogen-bond acceptors (Lipinski definition) is 2. The highest BCUT2D eigenvalue weighted by Gasteiger charge is 2.46. The lowest BCUT2D eigenvalue weighted by molar-refractivity contribution is -0.145. The lowest BCUT2D eigenvalue weighted by Crippen LogP contribution is -2.51. The number of amides is 1. The van der Waals surface area contributed by atoms with Crippen molar-refractivity contribution in [2.45, 2.75) is 47.0 Å². The zero-order valence-corrected chi connectivity index (χ0v) is 12.4. The molecule has 2 fully saturated rings. The highest BCUT2D eigenvalue weighted by atomic mass is 16.2. The molecule has 18 heavy (non-hydrogen) atoms. The second kappa shape index (κ2) is 4.84. The molecule has 0 bridgehead atoms. The second-order valence-corrected chi connectivity index (χ2v) is 7.19. The van der Waals surface area contributed by atoms with E-state index in [1.54, 1.807) is 0 Å². The number of nitrogens with zero attached hydrogens (tertiary/aromatic N) is 1. The molecule has 2 saturated heterocycles. The Morgan fingerprint density at radius 1 is 1.17 bits per heavy atom. The van der Waals surface area contributed by atoms with Gasteiger partial charge in [-0.2, -0.15) is 0 Å². The summed E-state index contributed by atoms with van der Waals surface area (Å²) < 4.78 is 0. The number of carbonyl (C=O) groups excluding carboxylic acids is 1. The fourth-order valence-corrected chi connectivity index (χ4v) is 3.26. The molecule has 104 valence electrons. The molecule has 2 aliphatic heterocycles. The summed E-state index contributed by atoms with van der Waals surface area (Å²) in [5.74, 6) is 0.827. The summed E-state index contributed by atoms with van der Waals surface area (Å²) in [6, 6.07) is 0. The van der Waals surface area contributed by atoms with Crippen LogP contribution in [0, 0.1) is 16.7 Å². The molecule has 0 aromatic rings. The average Bonchev–Trinajstić information content (AvgIpc) is 2.78. The van der Waals surface area contributed by atoms with Crippen LogP contribution < -0.4 is 5.32 Å². The Bertz CT molecular complexity index is 306. The number of nitrogens with one attached hydrogen (secondary N) is 1. The predicted molar refractivity (Wildman–Crippen MR) is 74.4 cm³/mol. The van der Waals surface area contributed by atoms with Crippen molar-refractivity contribution in [3.63, 3.8) is 0 Å². The highest BCUT2D eigenvalue weighted by Crippen LogP contribution is 2.38. The molecule has 3 heteroatoms. The zero-order chi connectivity index (χ0) is 13.4. The predicted octanol–water partition coefficient (Wildman–Crippen LogP) is 2.27. The molecule has 1 atom stereocenters. The van der Waals surface area contributed by atoms with Crippen LogP contribution in [0.5, 0.6) is 0 Å². The summed E-state index contributed by atoms with van der Waals surface area (Å²) >= 11 is 0. The van der Waals surface area contributed by atoms with Crippen molar-refractivity contribution in [2.24, 2.45) is 16.7 Å². The van der Waals surface area contributed by atoms with Crippen LogP contribution in [0.1, 0.15) is 47.0 Å². The van der Waals surface area contributed by atoms with Gasteiger partial charge >= 0.3 is 0 Å². The first-order chi connectivity index (χ1) is 8.37. The van der Waals surface area contributed by atoms with Gasteiger partial charge < -0.3 is 10.2 Å². The first kappa shape index (κ1) is 13.9. The normalized spacial score (nSPS) is 31.9. The quantitative estimate of drug-likeness (QED) is 0.817. The third kappa shape index (κ3) is 2.42. The Morgan fingerprint density at radius 2 is 1.78 bits per heavy atom. The number of piperidine rings is 1. The summed E-state index contributed by atoms with van der Waals surface area (Å²) in [7, 11) is 0. The molecule has 3 nitrogen and oxygen atoms in total. The van der Waals surface area contributed by atoms with E-state index in [9.17, 15) is 4.79 Å². The third-order valence-corrected chi connectivity index (χ3v) is 5.12. The van der Waals surface area contributed by atoms with E-state index in [-0.39, 0.29) is 5.41 Å². The van der Waals surface area contributed by atoms with Crippen LogP contribution in [0.3, 0.4) is 0 Å². The Balaban J connectivity index is 2.07. The molecule has 0 saturated carbocycles. The molecule has 2 rings (SSSR count). The standard InChI is InChI=1S/C15H28N2O/c1-12(2)15(5-8-16-11-15)13(18)17-9-6-14(3,4)7-10-17/h12,16H,5-11H2,1-4H3. The number of rotatable bonds is 2. The van der Waals surface area contributed by atoms with Gasteiger partial charge in [-0.15, -0.1) is 0 Å². The Morgan fingerprint density at radius 3 is 2.22 bits per heavy atom. The molecular weight excluding hydrogens is 224 g/mol. The van der Waals surface area contributed by atoms with Crippen LogP contribution in [0.2, 0.25) is 0 Å². The minimum atomic E-state index is -0.137. The van der Waals surface area contributed by atoms with Gasteiger partial charge in [-0.3, -0.25) is 4.79 Å². The van der Waals surface area contributed by atoms with Gasteiger partial charge in [-0.25, -0.2) is 0 Å². The van der Waals surface area contributed by atoms with Crippen molar-refractivity contribution in [1.82, 2.24) is 10.2 Å². The molecule has 1 N–H and O–H groups in total. The van der Waals surface area contributed by atoms with Gasteiger partial charge in [-0.1, -0.05) is 27.7 Å². The van der Waals surface area contributed by atoms with E-state index in [1.165, 1.54) is 0 Å². The zero-order valence-electron chi connectivity index (χ0n) is 12.4. The molecule has 2 heterocycles. The van der Waals surface area contributed by atoms with Gasteiger partial charge in [0, 0.05) is 19.6 Å². The Kier molecular flexibility index (Phi) is 3.72. The van der Waals surface area contributed by atoms with Crippen LogP contribution in [0.15, 0.2) is 0 Å². The first-order valence-corrected chi connectivity index (χ1v) is 7.37. The maximum absolute atomic E-state index is 12.9. The van der Waals surface area contributed by atoms with Crippen LogP contribution in [0.4, 0.5) is 0 Å². The van der Waals surface area contributed by atoms with Crippen molar-refractivity contribution in [2.75, 3.05) is 26.2 Å². The molecule has 0 aromatic carbocycles.